The number of carboxylic acid groups (broad SMARTS) is 1. The van der Waals surface area contributed by atoms with Crippen molar-refractivity contribution in [2.24, 2.45) is 0 Å². The lowest BCUT2D eigenvalue weighted by atomic mass is 10.2. The summed E-state index contributed by atoms with van der Waals surface area (Å²) in [6.45, 7) is 0. The summed E-state index contributed by atoms with van der Waals surface area (Å²) in [5.41, 5.74) is 1.69. The van der Waals surface area contributed by atoms with Crippen molar-refractivity contribution in [2.45, 2.75) is 0 Å². The number of benzene rings is 1. The first kappa shape index (κ1) is 13.0. The van der Waals surface area contributed by atoms with Crippen LogP contribution in [-0.2, 0) is 0 Å². The van der Waals surface area contributed by atoms with Crippen LogP contribution in [0, 0.1) is 5.82 Å². The van der Waals surface area contributed by atoms with Crippen molar-refractivity contribution in [3.05, 3.63) is 52.5 Å². The zero-order chi connectivity index (χ0) is 14.1. The second kappa shape index (κ2) is 5.15. The van der Waals surface area contributed by atoms with E-state index >= 15 is 0 Å². The Balaban J connectivity index is 1.95. The molecule has 0 saturated carbocycles. The highest BCUT2D eigenvalue weighted by Crippen LogP contribution is 2.32. The van der Waals surface area contributed by atoms with E-state index in [0.717, 1.165) is 10.4 Å². The molecule has 2 aromatic heterocycles. The van der Waals surface area contributed by atoms with Crippen molar-refractivity contribution in [3.8, 4) is 21.1 Å². The van der Waals surface area contributed by atoms with Crippen molar-refractivity contribution in [2.75, 3.05) is 0 Å². The number of thiophene rings is 1. The highest BCUT2D eigenvalue weighted by molar-refractivity contribution is 7.15. The van der Waals surface area contributed by atoms with E-state index < -0.39 is 5.97 Å². The number of hydrogen-bond acceptors (Lipinski definition) is 4. The number of aromatic nitrogens is 1. The van der Waals surface area contributed by atoms with Gasteiger partial charge in [-0.25, -0.2) is 14.2 Å². The zero-order valence-electron chi connectivity index (χ0n) is 10.0. The maximum Gasteiger partial charge on any atom is 0.336 e. The smallest absolute Gasteiger partial charge is 0.336 e. The normalized spacial score (nSPS) is 10.7. The Morgan fingerprint density at radius 3 is 2.75 bits per heavy atom. The Morgan fingerprint density at radius 2 is 2.05 bits per heavy atom. The Labute approximate surface area is 122 Å². The number of carbonyl (C=O) groups is 1. The number of halogens is 1. The fourth-order valence-corrected chi connectivity index (χ4v) is 3.46. The molecule has 2 heterocycles. The van der Waals surface area contributed by atoms with Crippen LogP contribution >= 0.6 is 22.7 Å². The van der Waals surface area contributed by atoms with Gasteiger partial charge in [-0.3, -0.25) is 0 Å². The summed E-state index contributed by atoms with van der Waals surface area (Å²) in [7, 11) is 0. The van der Waals surface area contributed by atoms with Gasteiger partial charge in [0, 0.05) is 16.3 Å². The molecule has 0 bridgehead atoms. The predicted molar refractivity (Wildman–Crippen MR) is 77.8 cm³/mol. The molecule has 0 aliphatic heterocycles. The first-order chi connectivity index (χ1) is 9.63. The molecule has 0 amide bonds. The second-order valence-corrected chi connectivity index (χ2v) is 5.82. The van der Waals surface area contributed by atoms with Gasteiger partial charge < -0.3 is 5.11 Å². The van der Waals surface area contributed by atoms with Crippen LogP contribution in [0.5, 0.6) is 0 Å². The van der Waals surface area contributed by atoms with Crippen molar-refractivity contribution < 1.29 is 14.3 Å². The largest absolute Gasteiger partial charge is 0.478 e. The van der Waals surface area contributed by atoms with Gasteiger partial charge in [0.2, 0.25) is 0 Å². The molecule has 3 aromatic rings. The molecule has 0 aliphatic rings. The van der Waals surface area contributed by atoms with Crippen LogP contribution < -0.4 is 0 Å². The van der Waals surface area contributed by atoms with Gasteiger partial charge in [0.1, 0.15) is 10.8 Å². The molecule has 0 unspecified atom stereocenters. The SMILES string of the molecule is O=C(O)c1csc(-c2csc(-c3cccc(F)c3)n2)c1. The molecule has 0 spiro atoms. The van der Waals surface area contributed by atoms with Gasteiger partial charge in [-0.05, 0) is 18.2 Å². The standard InChI is InChI=1S/C14H8FNO2S2/c15-10-3-1-2-8(4-10)13-16-11(7-20-13)12-5-9(6-19-12)14(17)18/h1-7H,(H,17,18). The van der Waals surface area contributed by atoms with E-state index in [4.69, 9.17) is 5.11 Å². The second-order valence-electron chi connectivity index (χ2n) is 4.05. The number of nitrogens with zero attached hydrogens (tertiary/aromatic N) is 1. The maximum atomic E-state index is 13.2. The molecular weight excluding hydrogens is 297 g/mol. The van der Waals surface area contributed by atoms with Gasteiger partial charge in [-0.15, -0.1) is 22.7 Å². The van der Waals surface area contributed by atoms with Crippen LogP contribution in [0.3, 0.4) is 0 Å². The van der Waals surface area contributed by atoms with Gasteiger partial charge >= 0.3 is 5.97 Å². The molecule has 1 N–H and O–H groups in total. The fraction of sp³-hybridized carbons (Fsp3) is 0. The average Bonchev–Trinajstić information content (AvgIpc) is 3.08. The Bertz CT molecular complexity index is 779. The number of rotatable bonds is 3. The summed E-state index contributed by atoms with van der Waals surface area (Å²) < 4.78 is 13.2. The molecule has 3 rings (SSSR count). The van der Waals surface area contributed by atoms with Crippen LogP contribution in [-0.4, -0.2) is 16.1 Å². The summed E-state index contributed by atoms with van der Waals surface area (Å²) in [5.74, 6) is -1.25. The van der Waals surface area contributed by atoms with Crippen LogP contribution in [0.2, 0.25) is 0 Å². The van der Waals surface area contributed by atoms with E-state index in [2.05, 4.69) is 4.98 Å². The summed E-state index contributed by atoms with van der Waals surface area (Å²) in [5, 5.41) is 13.0. The molecule has 1 aromatic carbocycles. The number of aromatic carboxylic acids is 1. The third-order valence-electron chi connectivity index (χ3n) is 2.67. The minimum atomic E-state index is -0.951. The molecule has 0 radical (unpaired) electrons. The fourth-order valence-electron chi connectivity index (χ4n) is 1.72. The number of hydrogen-bond donors (Lipinski definition) is 1. The molecule has 0 aliphatic carbocycles. The minimum Gasteiger partial charge on any atom is -0.478 e. The molecular formula is C14H8FNO2S2. The maximum absolute atomic E-state index is 13.2. The third kappa shape index (κ3) is 2.48. The molecule has 0 atom stereocenters. The van der Waals surface area contributed by atoms with Gasteiger partial charge in [-0.2, -0.15) is 0 Å². The average molecular weight is 305 g/mol. The van der Waals surface area contributed by atoms with Gasteiger partial charge in [0.25, 0.3) is 0 Å². The lowest BCUT2D eigenvalue weighted by molar-refractivity contribution is 0.0697. The van der Waals surface area contributed by atoms with E-state index in [0.29, 0.717) is 10.7 Å². The topological polar surface area (TPSA) is 50.2 Å². The number of carboxylic acids is 1. The highest BCUT2D eigenvalue weighted by atomic mass is 32.1. The van der Waals surface area contributed by atoms with Gasteiger partial charge in [0.05, 0.1) is 16.1 Å². The van der Waals surface area contributed by atoms with E-state index in [-0.39, 0.29) is 11.4 Å². The summed E-state index contributed by atoms with van der Waals surface area (Å²) >= 11 is 2.74. The monoisotopic (exact) mass is 305 g/mol. The van der Waals surface area contributed by atoms with Crippen LogP contribution in [0.25, 0.3) is 21.1 Å². The molecule has 0 saturated heterocycles. The lowest BCUT2D eigenvalue weighted by Crippen LogP contribution is -1.91. The van der Waals surface area contributed by atoms with E-state index in [9.17, 15) is 9.18 Å². The minimum absolute atomic E-state index is 0.255. The molecule has 20 heavy (non-hydrogen) atoms. The van der Waals surface area contributed by atoms with Crippen molar-refractivity contribution in [1.82, 2.24) is 4.98 Å². The van der Waals surface area contributed by atoms with Crippen molar-refractivity contribution >= 4 is 28.6 Å². The Hall–Kier alpha value is -2.05. The first-order valence-electron chi connectivity index (χ1n) is 5.67. The van der Waals surface area contributed by atoms with Crippen LogP contribution in [0.15, 0.2) is 41.1 Å². The van der Waals surface area contributed by atoms with Crippen LogP contribution in [0.1, 0.15) is 10.4 Å². The predicted octanol–water partition coefficient (Wildman–Crippen LogP) is 4.38. The summed E-state index contributed by atoms with van der Waals surface area (Å²) in [6.07, 6.45) is 0. The van der Waals surface area contributed by atoms with Crippen LogP contribution in [0.4, 0.5) is 4.39 Å². The van der Waals surface area contributed by atoms with Crippen molar-refractivity contribution in [3.63, 3.8) is 0 Å². The summed E-state index contributed by atoms with van der Waals surface area (Å²) in [4.78, 5) is 16.1. The third-order valence-corrected chi connectivity index (χ3v) is 4.52. The molecule has 0 fully saturated rings. The molecule has 3 nitrogen and oxygen atoms in total. The highest BCUT2D eigenvalue weighted by Gasteiger charge is 2.12. The van der Waals surface area contributed by atoms with E-state index in [1.54, 1.807) is 23.6 Å². The Kier molecular flexibility index (Phi) is 3.33. The quantitative estimate of drug-likeness (QED) is 0.781. The number of thiazole rings is 1. The molecule has 100 valence electrons. The van der Waals surface area contributed by atoms with Crippen molar-refractivity contribution in [1.29, 1.82) is 0 Å². The van der Waals surface area contributed by atoms with E-state index in [1.807, 2.05) is 5.38 Å². The van der Waals surface area contributed by atoms with Gasteiger partial charge in [-0.1, -0.05) is 12.1 Å². The van der Waals surface area contributed by atoms with Gasteiger partial charge in [0.15, 0.2) is 0 Å². The Morgan fingerprint density at radius 1 is 1.20 bits per heavy atom. The first-order valence-corrected chi connectivity index (χ1v) is 7.43. The zero-order valence-corrected chi connectivity index (χ0v) is 11.7. The summed E-state index contributed by atoms with van der Waals surface area (Å²) in [6, 6.07) is 7.84. The molecule has 6 heteroatoms. The van der Waals surface area contributed by atoms with E-state index in [1.165, 1.54) is 34.8 Å². The lowest BCUT2D eigenvalue weighted by Gasteiger charge is -1.95.